The molecule has 0 aliphatic rings. The highest BCUT2D eigenvalue weighted by Gasteiger charge is 2.17. The Kier molecular flexibility index (Phi) is 3.51. The first-order valence-electron chi connectivity index (χ1n) is 4.22. The molecular formula is C10H12O5. The fourth-order valence-corrected chi connectivity index (χ4v) is 1.13. The lowest BCUT2D eigenvalue weighted by Crippen LogP contribution is -2.10. The predicted octanol–water partition coefficient (Wildman–Crippen LogP) is 0.822. The third-order valence-electron chi connectivity index (χ3n) is 1.92. The molecule has 0 saturated heterocycles. The van der Waals surface area contributed by atoms with Crippen molar-refractivity contribution in [3.63, 3.8) is 0 Å². The van der Waals surface area contributed by atoms with E-state index in [0.717, 1.165) is 0 Å². The van der Waals surface area contributed by atoms with Crippen molar-refractivity contribution in [3.05, 3.63) is 23.8 Å². The molecule has 1 aromatic rings. The second-order valence-corrected chi connectivity index (χ2v) is 2.89. The van der Waals surface area contributed by atoms with Gasteiger partial charge in [0.1, 0.15) is 11.5 Å². The van der Waals surface area contributed by atoms with E-state index in [1.54, 1.807) is 6.07 Å². The van der Waals surface area contributed by atoms with E-state index in [4.69, 9.17) is 14.6 Å². The first-order valence-corrected chi connectivity index (χ1v) is 4.22. The van der Waals surface area contributed by atoms with Gasteiger partial charge in [0.2, 0.25) is 0 Å². The summed E-state index contributed by atoms with van der Waals surface area (Å²) in [6, 6.07) is 4.49. The molecule has 5 nitrogen and oxygen atoms in total. The summed E-state index contributed by atoms with van der Waals surface area (Å²) in [5, 5.41) is 18.0. The van der Waals surface area contributed by atoms with Gasteiger partial charge in [0, 0.05) is 6.07 Å². The van der Waals surface area contributed by atoms with Crippen LogP contribution in [0.3, 0.4) is 0 Å². The van der Waals surface area contributed by atoms with Gasteiger partial charge in [0.25, 0.3) is 0 Å². The number of aliphatic carboxylic acids is 1. The Morgan fingerprint density at radius 2 is 1.67 bits per heavy atom. The largest absolute Gasteiger partial charge is 0.497 e. The second kappa shape index (κ2) is 4.65. The number of ether oxygens (including phenoxy) is 2. The SMILES string of the molecule is COc1cc(OC)cc([C@@H](O)C(=O)O)c1. The lowest BCUT2D eigenvalue weighted by molar-refractivity contribution is -0.146. The van der Waals surface area contributed by atoms with Gasteiger partial charge in [-0.05, 0) is 17.7 Å². The van der Waals surface area contributed by atoms with Crippen molar-refractivity contribution in [1.82, 2.24) is 0 Å². The summed E-state index contributed by atoms with van der Waals surface area (Å²) in [4.78, 5) is 10.6. The molecule has 5 heteroatoms. The number of hydrogen-bond acceptors (Lipinski definition) is 4. The number of aliphatic hydroxyl groups excluding tert-OH is 1. The van der Waals surface area contributed by atoms with E-state index in [1.807, 2.05) is 0 Å². The molecule has 0 amide bonds. The average Bonchev–Trinajstić information content (AvgIpc) is 2.27. The monoisotopic (exact) mass is 212 g/mol. The Morgan fingerprint density at radius 3 is 2.00 bits per heavy atom. The fraction of sp³-hybridized carbons (Fsp3) is 0.300. The van der Waals surface area contributed by atoms with Crippen molar-refractivity contribution in [2.75, 3.05) is 14.2 Å². The van der Waals surface area contributed by atoms with E-state index in [9.17, 15) is 9.90 Å². The summed E-state index contributed by atoms with van der Waals surface area (Å²) in [6.07, 6.45) is -1.58. The molecule has 1 atom stereocenters. The van der Waals surface area contributed by atoms with E-state index in [-0.39, 0.29) is 5.56 Å². The van der Waals surface area contributed by atoms with Crippen LogP contribution >= 0.6 is 0 Å². The number of carbonyl (C=O) groups is 1. The Hall–Kier alpha value is -1.75. The van der Waals surface area contributed by atoms with Gasteiger partial charge in [-0.25, -0.2) is 4.79 Å². The minimum absolute atomic E-state index is 0.221. The highest BCUT2D eigenvalue weighted by molar-refractivity contribution is 5.74. The standard InChI is InChI=1S/C10H12O5/c1-14-7-3-6(9(11)10(12)13)4-8(5-7)15-2/h3-5,9,11H,1-2H3,(H,12,13)/t9-/m1/s1. The molecule has 0 aliphatic heterocycles. The third kappa shape index (κ3) is 2.60. The maximum atomic E-state index is 10.6. The van der Waals surface area contributed by atoms with Crippen LogP contribution in [0, 0.1) is 0 Å². The summed E-state index contributed by atoms with van der Waals surface area (Å²) in [5.74, 6) is -0.445. The Labute approximate surface area is 86.9 Å². The third-order valence-corrected chi connectivity index (χ3v) is 1.92. The molecule has 0 aromatic heterocycles. The molecule has 0 saturated carbocycles. The van der Waals surface area contributed by atoms with E-state index in [1.165, 1.54) is 26.4 Å². The van der Waals surface area contributed by atoms with Crippen LogP contribution in [0.5, 0.6) is 11.5 Å². The van der Waals surface area contributed by atoms with Crippen LogP contribution in [-0.4, -0.2) is 30.4 Å². The van der Waals surface area contributed by atoms with Crippen molar-refractivity contribution in [2.24, 2.45) is 0 Å². The number of benzene rings is 1. The molecule has 0 bridgehead atoms. The van der Waals surface area contributed by atoms with Gasteiger partial charge in [0.15, 0.2) is 6.10 Å². The fourth-order valence-electron chi connectivity index (χ4n) is 1.13. The molecule has 0 heterocycles. The number of carboxylic acid groups (broad SMARTS) is 1. The zero-order valence-corrected chi connectivity index (χ0v) is 8.43. The Morgan fingerprint density at radius 1 is 1.20 bits per heavy atom. The molecule has 15 heavy (non-hydrogen) atoms. The van der Waals surface area contributed by atoms with Gasteiger partial charge in [0.05, 0.1) is 14.2 Å². The normalized spacial score (nSPS) is 11.9. The molecular weight excluding hydrogens is 200 g/mol. The highest BCUT2D eigenvalue weighted by atomic mass is 16.5. The van der Waals surface area contributed by atoms with E-state index in [0.29, 0.717) is 11.5 Å². The second-order valence-electron chi connectivity index (χ2n) is 2.89. The lowest BCUT2D eigenvalue weighted by Gasteiger charge is -2.10. The maximum absolute atomic E-state index is 10.6. The number of aliphatic hydroxyl groups is 1. The summed E-state index contributed by atoms with van der Waals surface area (Å²) in [5.41, 5.74) is 0.221. The van der Waals surface area contributed by atoms with Crippen molar-refractivity contribution >= 4 is 5.97 Å². The molecule has 0 unspecified atom stereocenters. The quantitative estimate of drug-likeness (QED) is 0.772. The first-order chi connectivity index (χ1) is 7.08. The molecule has 1 rings (SSSR count). The Balaban J connectivity index is 3.11. The number of rotatable bonds is 4. The van der Waals surface area contributed by atoms with Crippen LogP contribution < -0.4 is 9.47 Å². The number of carboxylic acids is 1. The highest BCUT2D eigenvalue weighted by Crippen LogP contribution is 2.26. The number of methoxy groups -OCH3 is 2. The molecule has 1 aromatic carbocycles. The molecule has 0 spiro atoms. The zero-order chi connectivity index (χ0) is 11.4. The molecule has 82 valence electrons. The molecule has 0 aliphatic carbocycles. The van der Waals surface area contributed by atoms with Crippen LogP contribution in [0.4, 0.5) is 0 Å². The summed E-state index contributed by atoms with van der Waals surface area (Å²) < 4.78 is 9.89. The minimum atomic E-state index is -1.58. The van der Waals surface area contributed by atoms with Crippen molar-refractivity contribution in [3.8, 4) is 11.5 Å². The molecule has 2 N–H and O–H groups in total. The van der Waals surface area contributed by atoms with E-state index >= 15 is 0 Å². The van der Waals surface area contributed by atoms with Gasteiger partial charge in [-0.15, -0.1) is 0 Å². The van der Waals surface area contributed by atoms with Crippen LogP contribution in [0.25, 0.3) is 0 Å². The number of hydrogen-bond donors (Lipinski definition) is 2. The van der Waals surface area contributed by atoms with Crippen LogP contribution in [-0.2, 0) is 4.79 Å². The topological polar surface area (TPSA) is 76.0 Å². The van der Waals surface area contributed by atoms with Crippen LogP contribution in [0.2, 0.25) is 0 Å². The van der Waals surface area contributed by atoms with Crippen LogP contribution in [0.1, 0.15) is 11.7 Å². The van der Waals surface area contributed by atoms with E-state index < -0.39 is 12.1 Å². The van der Waals surface area contributed by atoms with Crippen molar-refractivity contribution in [1.29, 1.82) is 0 Å². The van der Waals surface area contributed by atoms with Crippen molar-refractivity contribution < 1.29 is 24.5 Å². The zero-order valence-electron chi connectivity index (χ0n) is 8.43. The minimum Gasteiger partial charge on any atom is -0.497 e. The van der Waals surface area contributed by atoms with Gasteiger partial charge in [-0.3, -0.25) is 0 Å². The Bertz CT molecular complexity index is 339. The summed E-state index contributed by atoms with van der Waals surface area (Å²) >= 11 is 0. The van der Waals surface area contributed by atoms with Gasteiger partial charge in [-0.1, -0.05) is 0 Å². The maximum Gasteiger partial charge on any atom is 0.337 e. The smallest absolute Gasteiger partial charge is 0.337 e. The van der Waals surface area contributed by atoms with Gasteiger partial charge < -0.3 is 19.7 Å². The van der Waals surface area contributed by atoms with Crippen LogP contribution in [0.15, 0.2) is 18.2 Å². The predicted molar refractivity (Wildman–Crippen MR) is 52.1 cm³/mol. The molecule has 0 fully saturated rings. The van der Waals surface area contributed by atoms with Gasteiger partial charge in [-0.2, -0.15) is 0 Å². The average molecular weight is 212 g/mol. The van der Waals surface area contributed by atoms with Gasteiger partial charge >= 0.3 is 5.97 Å². The van der Waals surface area contributed by atoms with E-state index in [2.05, 4.69) is 0 Å². The first kappa shape index (κ1) is 11.3. The molecule has 0 radical (unpaired) electrons. The summed E-state index contributed by atoms with van der Waals surface area (Å²) in [6.45, 7) is 0. The van der Waals surface area contributed by atoms with Crippen molar-refractivity contribution in [2.45, 2.75) is 6.10 Å². The summed E-state index contributed by atoms with van der Waals surface area (Å²) in [7, 11) is 2.90. The lowest BCUT2D eigenvalue weighted by atomic mass is 10.1.